The summed E-state index contributed by atoms with van der Waals surface area (Å²) in [6.45, 7) is 3.98. The molecule has 1 aliphatic rings. The predicted molar refractivity (Wildman–Crippen MR) is 70.7 cm³/mol. The Hall–Kier alpha value is -1.33. The summed E-state index contributed by atoms with van der Waals surface area (Å²) in [4.78, 5) is 4.29. The summed E-state index contributed by atoms with van der Waals surface area (Å²) >= 11 is 0. The number of rotatable bonds is 5. The number of pyridine rings is 1. The van der Waals surface area contributed by atoms with E-state index in [-0.39, 0.29) is 0 Å². The lowest BCUT2D eigenvalue weighted by molar-refractivity contribution is -0.0193. The van der Waals surface area contributed by atoms with Crippen molar-refractivity contribution >= 4 is 5.82 Å². The Morgan fingerprint density at radius 3 is 2.89 bits per heavy atom. The Labute approximate surface area is 108 Å². The van der Waals surface area contributed by atoms with Gasteiger partial charge in [-0.2, -0.15) is 0 Å². The van der Waals surface area contributed by atoms with E-state index in [1.165, 1.54) is 0 Å². The highest BCUT2D eigenvalue weighted by molar-refractivity contribution is 5.38. The number of piperidine rings is 1. The Balaban J connectivity index is 1.86. The zero-order valence-electron chi connectivity index (χ0n) is 10.7. The van der Waals surface area contributed by atoms with Gasteiger partial charge in [-0.3, -0.25) is 0 Å². The molecule has 2 rings (SSSR count). The van der Waals surface area contributed by atoms with E-state index in [9.17, 15) is 5.11 Å². The Morgan fingerprint density at radius 2 is 2.28 bits per heavy atom. The first kappa shape index (κ1) is 13.1. The minimum absolute atomic E-state index is 0.492. The van der Waals surface area contributed by atoms with E-state index in [0.717, 1.165) is 31.7 Å². The van der Waals surface area contributed by atoms with Crippen LogP contribution >= 0.6 is 0 Å². The number of aliphatic hydroxyl groups is 1. The normalized spacial score (nSPS) is 18.3. The van der Waals surface area contributed by atoms with Crippen molar-refractivity contribution in [3.05, 3.63) is 18.3 Å². The minimum Gasteiger partial charge on any atom is -0.464 e. The smallest absolute Gasteiger partial charge is 0.197 e. The molecule has 18 heavy (non-hydrogen) atoms. The van der Waals surface area contributed by atoms with Gasteiger partial charge in [0.2, 0.25) is 0 Å². The molecule has 1 aliphatic heterocycles. The van der Waals surface area contributed by atoms with Crippen LogP contribution < -0.4 is 15.4 Å². The van der Waals surface area contributed by atoms with Crippen molar-refractivity contribution in [2.45, 2.75) is 38.5 Å². The summed E-state index contributed by atoms with van der Waals surface area (Å²) in [5, 5.41) is 16.1. The molecular weight excluding hydrogens is 230 g/mol. The van der Waals surface area contributed by atoms with Gasteiger partial charge < -0.3 is 20.5 Å². The molecule has 0 saturated carbocycles. The molecule has 0 amide bonds. The molecule has 1 aromatic heterocycles. The fraction of sp³-hybridized carbons (Fsp3) is 0.615. The van der Waals surface area contributed by atoms with E-state index in [1.54, 1.807) is 6.20 Å². The zero-order chi connectivity index (χ0) is 12.8. The van der Waals surface area contributed by atoms with Gasteiger partial charge in [0.15, 0.2) is 6.29 Å². The molecule has 0 spiro atoms. The summed E-state index contributed by atoms with van der Waals surface area (Å²) in [5.41, 5.74) is 0. The number of nitrogens with zero attached hydrogens (tertiary/aromatic N) is 1. The quantitative estimate of drug-likeness (QED) is 0.689. The maximum atomic E-state index is 9.37. The molecule has 5 heteroatoms. The summed E-state index contributed by atoms with van der Waals surface area (Å²) in [6.07, 6.45) is 3.69. The predicted octanol–water partition coefficient (Wildman–Crippen LogP) is 1.35. The van der Waals surface area contributed by atoms with Crippen molar-refractivity contribution < 1.29 is 9.84 Å². The second kappa shape index (κ2) is 6.56. The molecule has 1 fully saturated rings. The van der Waals surface area contributed by atoms with E-state index in [4.69, 9.17) is 4.74 Å². The highest BCUT2D eigenvalue weighted by Gasteiger charge is 2.12. The second-order valence-corrected chi connectivity index (χ2v) is 4.53. The van der Waals surface area contributed by atoms with Crippen molar-refractivity contribution in [1.29, 1.82) is 0 Å². The number of hydrogen-bond donors (Lipinski definition) is 3. The standard InChI is InChI=1S/C13H21N3O2/c1-2-13(17)18-11-3-4-12(15-9-11)16-10-5-7-14-8-6-10/h3-4,9-10,13-14,17H,2,5-8H2,1H3,(H,15,16). The lowest BCUT2D eigenvalue weighted by Gasteiger charge is -2.24. The maximum Gasteiger partial charge on any atom is 0.197 e. The molecular formula is C13H21N3O2. The van der Waals surface area contributed by atoms with Crippen LogP contribution in [0.15, 0.2) is 18.3 Å². The number of nitrogens with one attached hydrogen (secondary N) is 2. The lowest BCUT2D eigenvalue weighted by Crippen LogP contribution is -2.35. The molecule has 0 aliphatic carbocycles. The monoisotopic (exact) mass is 251 g/mol. The van der Waals surface area contributed by atoms with Crippen LogP contribution in [0.3, 0.4) is 0 Å². The molecule has 1 atom stereocenters. The minimum atomic E-state index is -0.755. The molecule has 3 N–H and O–H groups in total. The first-order valence-electron chi connectivity index (χ1n) is 6.56. The van der Waals surface area contributed by atoms with Gasteiger partial charge >= 0.3 is 0 Å². The molecule has 0 bridgehead atoms. The SMILES string of the molecule is CCC(O)Oc1ccc(NC2CCNCC2)nc1. The molecule has 100 valence electrons. The van der Waals surface area contributed by atoms with Crippen molar-refractivity contribution in [2.24, 2.45) is 0 Å². The van der Waals surface area contributed by atoms with Crippen LogP contribution in [0.4, 0.5) is 5.82 Å². The topological polar surface area (TPSA) is 66.4 Å². The van der Waals surface area contributed by atoms with Gasteiger partial charge in [-0.1, -0.05) is 6.92 Å². The Kier molecular flexibility index (Phi) is 4.78. The summed E-state index contributed by atoms with van der Waals surface area (Å²) in [7, 11) is 0. The van der Waals surface area contributed by atoms with Gasteiger partial charge in [0.25, 0.3) is 0 Å². The van der Waals surface area contributed by atoms with Crippen LogP contribution in [0.1, 0.15) is 26.2 Å². The number of anilines is 1. The van der Waals surface area contributed by atoms with Crippen LogP contribution in [0.5, 0.6) is 5.75 Å². The van der Waals surface area contributed by atoms with Gasteiger partial charge in [-0.15, -0.1) is 0 Å². The lowest BCUT2D eigenvalue weighted by atomic mass is 10.1. The van der Waals surface area contributed by atoms with Crippen molar-refractivity contribution in [2.75, 3.05) is 18.4 Å². The molecule has 2 heterocycles. The fourth-order valence-corrected chi connectivity index (χ4v) is 1.95. The van der Waals surface area contributed by atoms with Gasteiger partial charge in [0, 0.05) is 12.5 Å². The first-order valence-corrected chi connectivity index (χ1v) is 6.56. The van der Waals surface area contributed by atoms with E-state index in [1.807, 2.05) is 19.1 Å². The molecule has 0 radical (unpaired) electrons. The molecule has 1 unspecified atom stereocenters. The number of aliphatic hydroxyl groups excluding tert-OH is 1. The maximum absolute atomic E-state index is 9.37. The highest BCUT2D eigenvalue weighted by atomic mass is 16.6. The fourth-order valence-electron chi connectivity index (χ4n) is 1.95. The number of ether oxygens (including phenoxy) is 1. The van der Waals surface area contributed by atoms with Gasteiger partial charge in [0.1, 0.15) is 11.6 Å². The Morgan fingerprint density at radius 1 is 1.50 bits per heavy atom. The van der Waals surface area contributed by atoms with Gasteiger partial charge in [-0.05, 0) is 38.1 Å². The highest BCUT2D eigenvalue weighted by Crippen LogP contribution is 2.16. The number of hydrogen-bond acceptors (Lipinski definition) is 5. The molecule has 1 saturated heterocycles. The largest absolute Gasteiger partial charge is 0.464 e. The zero-order valence-corrected chi connectivity index (χ0v) is 10.7. The average molecular weight is 251 g/mol. The van der Waals surface area contributed by atoms with Gasteiger partial charge in [0.05, 0.1) is 6.20 Å². The van der Waals surface area contributed by atoms with Gasteiger partial charge in [-0.25, -0.2) is 4.98 Å². The molecule has 1 aromatic rings. The summed E-state index contributed by atoms with van der Waals surface area (Å²) in [5.74, 6) is 1.46. The molecule has 0 aromatic carbocycles. The van der Waals surface area contributed by atoms with E-state index in [0.29, 0.717) is 18.2 Å². The second-order valence-electron chi connectivity index (χ2n) is 4.53. The third-order valence-corrected chi connectivity index (χ3v) is 3.05. The van der Waals surface area contributed by atoms with Crippen molar-refractivity contribution in [1.82, 2.24) is 10.3 Å². The third-order valence-electron chi connectivity index (χ3n) is 3.05. The van der Waals surface area contributed by atoms with Crippen LogP contribution in [0.2, 0.25) is 0 Å². The van der Waals surface area contributed by atoms with Crippen LogP contribution in [-0.4, -0.2) is 35.5 Å². The van der Waals surface area contributed by atoms with E-state index in [2.05, 4.69) is 15.6 Å². The van der Waals surface area contributed by atoms with Crippen LogP contribution in [0, 0.1) is 0 Å². The molecule has 5 nitrogen and oxygen atoms in total. The van der Waals surface area contributed by atoms with Crippen LogP contribution in [0.25, 0.3) is 0 Å². The van der Waals surface area contributed by atoms with Crippen molar-refractivity contribution in [3.8, 4) is 5.75 Å². The first-order chi connectivity index (χ1) is 8.78. The summed E-state index contributed by atoms with van der Waals surface area (Å²) < 4.78 is 5.26. The third kappa shape index (κ3) is 3.85. The Bertz CT molecular complexity index is 350. The van der Waals surface area contributed by atoms with Crippen molar-refractivity contribution in [3.63, 3.8) is 0 Å². The number of aromatic nitrogens is 1. The summed E-state index contributed by atoms with van der Waals surface area (Å²) in [6, 6.07) is 4.21. The average Bonchev–Trinajstić information content (AvgIpc) is 2.42. The van der Waals surface area contributed by atoms with E-state index < -0.39 is 6.29 Å². The van der Waals surface area contributed by atoms with E-state index >= 15 is 0 Å². The van der Waals surface area contributed by atoms with Crippen LogP contribution in [-0.2, 0) is 0 Å².